The molecule has 2 rings (SSSR count). The van der Waals surface area contributed by atoms with Crippen LogP contribution in [0.4, 0.5) is 5.69 Å². The van der Waals surface area contributed by atoms with Gasteiger partial charge in [-0.1, -0.05) is 57.2 Å². The molecule has 140 valence electrons. The van der Waals surface area contributed by atoms with Gasteiger partial charge in [0.15, 0.2) is 0 Å². The molecule has 0 aromatic heterocycles. The number of amides is 1. The van der Waals surface area contributed by atoms with E-state index in [0.717, 1.165) is 6.42 Å². The fourth-order valence-electron chi connectivity index (χ4n) is 2.93. The Morgan fingerprint density at radius 2 is 1.69 bits per heavy atom. The maximum atomic E-state index is 12.4. The lowest BCUT2D eigenvalue weighted by Gasteiger charge is -2.12. The summed E-state index contributed by atoms with van der Waals surface area (Å²) in [7, 11) is 1.50. The molecule has 4 heteroatoms. The Morgan fingerprint density at radius 1 is 1.00 bits per heavy atom. The molecule has 0 atom stereocenters. The number of phenols is 1. The number of methoxy groups -OCH3 is 1. The first-order valence-corrected chi connectivity index (χ1v) is 9.42. The number of unbranched alkanes of at least 4 members (excludes halogenated alkanes) is 5. The summed E-state index contributed by atoms with van der Waals surface area (Å²) in [4.78, 5) is 12.4. The molecule has 0 saturated heterocycles. The van der Waals surface area contributed by atoms with E-state index in [9.17, 15) is 9.90 Å². The lowest BCUT2D eigenvalue weighted by Crippen LogP contribution is -2.12. The summed E-state index contributed by atoms with van der Waals surface area (Å²) < 4.78 is 5.19. The largest absolute Gasteiger partial charge is 0.506 e. The molecular weight excluding hydrogens is 326 g/mol. The summed E-state index contributed by atoms with van der Waals surface area (Å²) >= 11 is 0. The Bertz CT molecular complexity index is 695. The van der Waals surface area contributed by atoms with E-state index in [1.807, 2.05) is 24.3 Å². The smallest absolute Gasteiger partial charge is 0.255 e. The zero-order chi connectivity index (χ0) is 18.8. The fourth-order valence-corrected chi connectivity index (χ4v) is 2.93. The summed E-state index contributed by atoms with van der Waals surface area (Å²) in [5.41, 5.74) is 2.09. The van der Waals surface area contributed by atoms with Crippen LogP contribution in [0.1, 0.15) is 61.4 Å². The van der Waals surface area contributed by atoms with Crippen molar-refractivity contribution in [1.82, 2.24) is 0 Å². The van der Waals surface area contributed by atoms with Gasteiger partial charge in [0, 0.05) is 5.56 Å². The molecule has 26 heavy (non-hydrogen) atoms. The van der Waals surface area contributed by atoms with Gasteiger partial charge in [-0.15, -0.1) is 0 Å². The van der Waals surface area contributed by atoms with Crippen molar-refractivity contribution in [3.63, 3.8) is 0 Å². The molecule has 0 aliphatic carbocycles. The molecule has 0 bridgehead atoms. The van der Waals surface area contributed by atoms with Crippen LogP contribution in [0.25, 0.3) is 0 Å². The number of hydrogen-bond donors (Lipinski definition) is 2. The van der Waals surface area contributed by atoms with Gasteiger partial charge in [-0.25, -0.2) is 0 Å². The van der Waals surface area contributed by atoms with Crippen molar-refractivity contribution >= 4 is 11.6 Å². The van der Waals surface area contributed by atoms with Gasteiger partial charge in [-0.3, -0.25) is 4.79 Å². The van der Waals surface area contributed by atoms with Gasteiger partial charge in [0.2, 0.25) is 0 Å². The Morgan fingerprint density at radius 3 is 2.38 bits per heavy atom. The molecule has 0 aliphatic rings. The molecule has 0 heterocycles. The standard InChI is InChI=1S/C22H29NO3/c1-3-4-5-6-7-8-10-17-13-15-18(16-14-17)22(25)23-21-19(24)11-9-12-20(21)26-2/h9,11-16,24H,3-8,10H2,1-2H3,(H,23,25). The zero-order valence-corrected chi connectivity index (χ0v) is 15.8. The number of anilines is 1. The van der Waals surface area contributed by atoms with Gasteiger partial charge >= 0.3 is 0 Å². The molecule has 0 saturated carbocycles. The van der Waals surface area contributed by atoms with Crippen LogP contribution in [-0.4, -0.2) is 18.1 Å². The number of para-hydroxylation sites is 1. The summed E-state index contributed by atoms with van der Waals surface area (Å²) in [5.74, 6) is 0.145. The third-order valence-electron chi connectivity index (χ3n) is 4.50. The molecule has 0 radical (unpaired) electrons. The Balaban J connectivity index is 1.89. The van der Waals surface area contributed by atoms with Crippen LogP contribution in [0.15, 0.2) is 42.5 Å². The predicted octanol–water partition coefficient (Wildman–Crippen LogP) is 5.56. The summed E-state index contributed by atoms with van der Waals surface area (Å²) in [6.07, 6.45) is 8.71. The van der Waals surface area contributed by atoms with E-state index in [1.165, 1.54) is 57.3 Å². The van der Waals surface area contributed by atoms with E-state index < -0.39 is 0 Å². The van der Waals surface area contributed by atoms with Crippen molar-refractivity contribution in [1.29, 1.82) is 0 Å². The molecule has 4 nitrogen and oxygen atoms in total. The number of nitrogens with one attached hydrogen (secondary N) is 1. The SMILES string of the molecule is CCCCCCCCc1ccc(C(=O)Nc2c(O)cccc2OC)cc1. The lowest BCUT2D eigenvalue weighted by molar-refractivity contribution is 0.102. The number of benzene rings is 2. The minimum atomic E-state index is -0.268. The number of aromatic hydroxyl groups is 1. The first-order valence-electron chi connectivity index (χ1n) is 9.42. The third kappa shape index (κ3) is 5.80. The maximum absolute atomic E-state index is 12.4. The number of ether oxygens (including phenoxy) is 1. The fraction of sp³-hybridized carbons (Fsp3) is 0.409. The van der Waals surface area contributed by atoms with E-state index in [1.54, 1.807) is 12.1 Å². The first kappa shape index (κ1) is 19.8. The minimum absolute atomic E-state index is 0.0163. The summed E-state index contributed by atoms with van der Waals surface area (Å²) in [6, 6.07) is 12.5. The highest BCUT2D eigenvalue weighted by Crippen LogP contribution is 2.33. The van der Waals surface area contributed by atoms with Crippen molar-refractivity contribution in [3.8, 4) is 11.5 Å². The Labute approximate surface area is 156 Å². The molecule has 2 aromatic carbocycles. The second-order valence-corrected chi connectivity index (χ2v) is 6.52. The first-order chi connectivity index (χ1) is 12.7. The van der Waals surface area contributed by atoms with E-state index in [4.69, 9.17) is 4.74 Å². The number of rotatable bonds is 10. The average molecular weight is 355 g/mol. The topological polar surface area (TPSA) is 58.6 Å². The Hall–Kier alpha value is -2.49. The molecule has 2 N–H and O–H groups in total. The highest BCUT2D eigenvalue weighted by molar-refractivity contribution is 6.05. The second-order valence-electron chi connectivity index (χ2n) is 6.52. The molecule has 0 aliphatic heterocycles. The molecule has 1 amide bonds. The quantitative estimate of drug-likeness (QED) is 0.433. The van der Waals surface area contributed by atoms with Crippen LogP contribution in [0.3, 0.4) is 0 Å². The van der Waals surface area contributed by atoms with Gasteiger partial charge < -0.3 is 15.2 Å². The van der Waals surface area contributed by atoms with Gasteiger partial charge in [0.1, 0.15) is 17.2 Å². The average Bonchev–Trinajstić information content (AvgIpc) is 2.66. The number of carbonyl (C=O) groups is 1. The number of phenolic OH excluding ortho intramolecular Hbond substituents is 1. The van der Waals surface area contributed by atoms with Crippen LogP contribution in [0.5, 0.6) is 11.5 Å². The highest BCUT2D eigenvalue weighted by atomic mass is 16.5. The number of aryl methyl sites for hydroxylation is 1. The highest BCUT2D eigenvalue weighted by Gasteiger charge is 2.13. The van der Waals surface area contributed by atoms with Crippen LogP contribution in [-0.2, 0) is 6.42 Å². The number of carbonyl (C=O) groups excluding carboxylic acids is 1. The molecule has 0 fully saturated rings. The molecular formula is C22H29NO3. The lowest BCUT2D eigenvalue weighted by atomic mass is 10.0. The van der Waals surface area contributed by atoms with Crippen LogP contribution in [0, 0.1) is 0 Å². The predicted molar refractivity (Wildman–Crippen MR) is 106 cm³/mol. The van der Waals surface area contributed by atoms with E-state index in [-0.39, 0.29) is 17.3 Å². The van der Waals surface area contributed by atoms with Crippen molar-refractivity contribution in [2.24, 2.45) is 0 Å². The number of hydrogen-bond acceptors (Lipinski definition) is 3. The van der Waals surface area contributed by atoms with Crippen LogP contribution >= 0.6 is 0 Å². The molecule has 2 aromatic rings. The van der Waals surface area contributed by atoms with Gasteiger partial charge in [0.25, 0.3) is 5.91 Å². The van der Waals surface area contributed by atoms with Crippen molar-refractivity contribution in [3.05, 3.63) is 53.6 Å². The third-order valence-corrected chi connectivity index (χ3v) is 4.50. The molecule has 0 unspecified atom stereocenters. The van der Waals surface area contributed by atoms with Crippen molar-refractivity contribution < 1.29 is 14.6 Å². The van der Waals surface area contributed by atoms with Crippen LogP contribution in [0.2, 0.25) is 0 Å². The van der Waals surface area contributed by atoms with Crippen molar-refractivity contribution in [2.45, 2.75) is 51.9 Å². The van der Waals surface area contributed by atoms with E-state index in [2.05, 4.69) is 12.2 Å². The normalized spacial score (nSPS) is 10.5. The maximum Gasteiger partial charge on any atom is 0.255 e. The van der Waals surface area contributed by atoms with Gasteiger partial charge in [-0.2, -0.15) is 0 Å². The zero-order valence-electron chi connectivity index (χ0n) is 15.8. The van der Waals surface area contributed by atoms with Gasteiger partial charge in [-0.05, 0) is 42.7 Å². The summed E-state index contributed by atoms with van der Waals surface area (Å²) in [6.45, 7) is 2.23. The van der Waals surface area contributed by atoms with E-state index in [0.29, 0.717) is 11.3 Å². The van der Waals surface area contributed by atoms with Crippen molar-refractivity contribution in [2.75, 3.05) is 12.4 Å². The Kier molecular flexibility index (Phi) is 8.00. The van der Waals surface area contributed by atoms with E-state index >= 15 is 0 Å². The van der Waals surface area contributed by atoms with Gasteiger partial charge in [0.05, 0.1) is 7.11 Å². The molecule has 0 spiro atoms. The minimum Gasteiger partial charge on any atom is -0.506 e. The monoisotopic (exact) mass is 355 g/mol. The summed E-state index contributed by atoms with van der Waals surface area (Å²) in [5, 5.41) is 12.7. The van der Waals surface area contributed by atoms with Crippen LogP contribution < -0.4 is 10.1 Å². The second kappa shape index (κ2) is 10.5.